The van der Waals surface area contributed by atoms with Gasteiger partial charge in [-0.15, -0.1) is 0 Å². The molecule has 0 radical (unpaired) electrons. The molecule has 158 valence electrons. The normalized spacial score (nSPS) is 12.6. The first-order chi connectivity index (χ1) is 13.4. The van der Waals surface area contributed by atoms with Gasteiger partial charge in [0.25, 0.3) is 5.69 Å². The highest BCUT2D eigenvalue weighted by Crippen LogP contribution is 2.27. The maximum absolute atomic E-state index is 12.1. The lowest BCUT2D eigenvalue weighted by Gasteiger charge is -2.28. The number of nitrogens with zero attached hydrogens (tertiary/aromatic N) is 1. The minimum absolute atomic E-state index is 0.0521. The van der Waals surface area contributed by atoms with Crippen molar-refractivity contribution in [3.63, 3.8) is 0 Å². The van der Waals surface area contributed by atoms with Gasteiger partial charge in [-0.2, -0.15) is 0 Å². The van der Waals surface area contributed by atoms with Crippen molar-refractivity contribution < 1.29 is 27.7 Å². The van der Waals surface area contributed by atoms with E-state index < -0.39 is 19.8 Å². The Hall–Kier alpha value is -1.81. The van der Waals surface area contributed by atoms with Crippen molar-refractivity contribution in [2.75, 3.05) is 19.8 Å². The van der Waals surface area contributed by atoms with Gasteiger partial charge in [0.15, 0.2) is 0 Å². The lowest BCUT2D eigenvalue weighted by molar-refractivity contribution is -0.386. The number of nitro groups is 1. The largest absolute Gasteiger partial charge is 0.500 e. The molecule has 0 saturated carbocycles. The Morgan fingerprint density at radius 1 is 1.07 bits per heavy atom. The van der Waals surface area contributed by atoms with E-state index in [9.17, 15) is 14.9 Å². The van der Waals surface area contributed by atoms with E-state index in [-0.39, 0.29) is 18.1 Å². The molecule has 9 heteroatoms. The highest BCUT2D eigenvalue weighted by molar-refractivity contribution is 6.60. The third kappa shape index (κ3) is 7.67. The van der Waals surface area contributed by atoms with Crippen LogP contribution in [0.1, 0.15) is 58.6 Å². The van der Waals surface area contributed by atoms with E-state index >= 15 is 0 Å². The number of nitro benzene ring substituents is 1. The van der Waals surface area contributed by atoms with E-state index in [1.165, 1.54) is 6.07 Å². The van der Waals surface area contributed by atoms with Crippen molar-refractivity contribution in [2.45, 2.75) is 59.1 Å². The molecule has 0 heterocycles. The number of hydrogen-bond acceptors (Lipinski definition) is 7. The average molecular weight is 414 g/mol. The minimum Gasteiger partial charge on any atom is -0.458 e. The monoisotopic (exact) mass is 413 g/mol. The van der Waals surface area contributed by atoms with Crippen LogP contribution in [0.4, 0.5) is 5.69 Å². The molecule has 0 saturated heterocycles. The van der Waals surface area contributed by atoms with Crippen LogP contribution in [0, 0.1) is 10.1 Å². The number of carbonyl (C=O) groups excluding carboxylic acids is 1. The fraction of sp³-hybridized carbons (Fsp3) is 0.632. The molecule has 1 rings (SSSR count). The maximum Gasteiger partial charge on any atom is 0.500 e. The Kier molecular flexibility index (Phi) is 10.9. The molecule has 0 bridgehead atoms. The molecule has 0 aliphatic carbocycles. The van der Waals surface area contributed by atoms with E-state index in [2.05, 4.69) is 0 Å². The number of rotatable bonds is 14. The van der Waals surface area contributed by atoms with E-state index in [0.717, 1.165) is 0 Å². The third-order valence-corrected chi connectivity index (χ3v) is 7.24. The SMILES string of the molecule is CCO[Si](CCCCC(=O)OC(C)c1ccccc1[N+](=O)[O-])(OCC)OCC. The van der Waals surface area contributed by atoms with E-state index in [4.69, 9.17) is 18.0 Å². The van der Waals surface area contributed by atoms with Crippen LogP contribution in [0.5, 0.6) is 0 Å². The van der Waals surface area contributed by atoms with Gasteiger partial charge in [-0.3, -0.25) is 14.9 Å². The molecule has 0 amide bonds. The van der Waals surface area contributed by atoms with E-state index in [1.54, 1.807) is 25.1 Å². The smallest absolute Gasteiger partial charge is 0.458 e. The summed E-state index contributed by atoms with van der Waals surface area (Å²) in [5, 5.41) is 11.1. The van der Waals surface area contributed by atoms with Gasteiger partial charge in [0, 0.05) is 38.4 Å². The summed E-state index contributed by atoms with van der Waals surface area (Å²) in [6.07, 6.45) is 0.851. The molecule has 0 aliphatic heterocycles. The van der Waals surface area contributed by atoms with Crippen LogP contribution < -0.4 is 0 Å². The molecule has 0 aromatic heterocycles. The molecule has 1 aromatic carbocycles. The Balaban J connectivity index is 2.53. The predicted molar refractivity (Wildman–Crippen MR) is 107 cm³/mol. The number of hydrogen-bond donors (Lipinski definition) is 0. The van der Waals surface area contributed by atoms with Crippen LogP contribution >= 0.6 is 0 Å². The maximum atomic E-state index is 12.1. The molecule has 1 atom stereocenters. The number of ether oxygens (including phenoxy) is 1. The second kappa shape index (κ2) is 12.6. The second-order valence-corrected chi connectivity index (χ2v) is 8.87. The zero-order valence-corrected chi connectivity index (χ0v) is 18.1. The average Bonchev–Trinajstić information content (AvgIpc) is 2.66. The van der Waals surface area contributed by atoms with Gasteiger partial charge in [0.2, 0.25) is 0 Å². The Morgan fingerprint density at radius 3 is 2.18 bits per heavy atom. The van der Waals surface area contributed by atoms with Gasteiger partial charge in [-0.05, 0) is 46.6 Å². The minimum atomic E-state index is -2.70. The molecule has 0 fully saturated rings. The summed E-state index contributed by atoms with van der Waals surface area (Å²) in [4.78, 5) is 22.8. The number of para-hydroxylation sites is 1. The highest BCUT2D eigenvalue weighted by atomic mass is 28.4. The molecular formula is C19H31NO7Si. The van der Waals surface area contributed by atoms with E-state index in [1.807, 2.05) is 20.8 Å². The molecule has 0 spiro atoms. The lowest BCUT2D eigenvalue weighted by atomic mass is 10.1. The lowest BCUT2D eigenvalue weighted by Crippen LogP contribution is -2.45. The first-order valence-corrected chi connectivity index (χ1v) is 11.7. The quantitative estimate of drug-likeness (QED) is 0.146. The van der Waals surface area contributed by atoms with Crippen LogP contribution in [-0.4, -0.2) is 39.5 Å². The van der Waals surface area contributed by atoms with Gasteiger partial charge in [0.1, 0.15) is 6.10 Å². The highest BCUT2D eigenvalue weighted by Gasteiger charge is 2.39. The fourth-order valence-electron chi connectivity index (χ4n) is 2.93. The van der Waals surface area contributed by atoms with Crippen LogP contribution in [0.15, 0.2) is 24.3 Å². The van der Waals surface area contributed by atoms with Crippen molar-refractivity contribution in [3.8, 4) is 0 Å². The molecule has 28 heavy (non-hydrogen) atoms. The summed E-state index contributed by atoms with van der Waals surface area (Å²) in [5.41, 5.74) is 0.333. The van der Waals surface area contributed by atoms with Crippen molar-refractivity contribution in [1.82, 2.24) is 0 Å². The zero-order chi connectivity index (χ0) is 21.0. The Bertz CT molecular complexity index is 609. The van der Waals surface area contributed by atoms with Crippen molar-refractivity contribution in [1.29, 1.82) is 0 Å². The van der Waals surface area contributed by atoms with Gasteiger partial charge in [-0.1, -0.05) is 12.1 Å². The standard InChI is InChI=1S/C19H31NO7Si/c1-5-24-28(25-6-2,26-7-3)15-11-10-14-19(21)27-16(4)17-12-8-9-13-18(17)20(22)23/h8-9,12-13,16H,5-7,10-11,14-15H2,1-4H3. The van der Waals surface area contributed by atoms with Crippen LogP contribution in [-0.2, 0) is 22.8 Å². The number of benzene rings is 1. The summed E-state index contributed by atoms with van der Waals surface area (Å²) >= 11 is 0. The van der Waals surface area contributed by atoms with Crippen molar-refractivity contribution >= 4 is 20.5 Å². The Labute approximate surface area is 167 Å². The number of carbonyl (C=O) groups is 1. The summed E-state index contributed by atoms with van der Waals surface area (Å²) in [6, 6.07) is 6.91. The third-order valence-electron chi connectivity index (χ3n) is 4.09. The summed E-state index contributed by atoms with van der Waals surface area (Å²) < 4.78 is 22.7. The van der Waals surface area contributed by atoms with Gasteiger partial charge in [-0.25, -0.2) is 0 Å². The van der Waals surface area contributed by atoms with Gasteiger partial charge in [0.05, 0.1) is 10.5 Å². The predicted octanol–water partition coefficient (Wildman–Crippen LogP) is 4.42. The first kappa shape index (κ1) is 24.2. The van der Waals surface area contributed by atoms with E-state index in [0.29, 0.717) is 44.3 Å². The zero-order valence-electron chi connectivity index (χ0n) is 17.1. The molecule has 0 N–H and O–H groups in total. The summed E-state index contributed by atoms with van der Waals surface area (Å²) in [5.74, 6) is -0.387. The van der Waals surface area contributed by atoms with Gasteiger partial charge >= 0.3 is 14.8 Å². The second-order valence-electron chi connectivity index (χ2n) is 6.14. The van der Waals surface area contributed by atoms with Crippen LogP contribution in [0.2, 0.25) is 6.04 Å². The molecule has 1 unspecified atom stereocenters. The number of unbranched alkanes of at least 4 members (excludes halogenated alkanes) is 1. The van der Waals surface area contributed by atoms with Crippen LogP contribution in [0.25, 0.3) is 0 Å². The topological polar surface area (TPSA) is 97.1 Å². The summed E-state index contributed by atoms with van der Waals surface area (Å²) in [7, 11) is -2.70. The fourth-order valence-corrected chi connectivity index (χ4v) is 5.61. The molecule has 8 nitrogen and oxygen atoms in total. The molecule has 1 aromatic rings. The number of esters is 1. The first-order valence-electron chi connectivity index (χ1n) is 9.73. The molecule has 0 aliphatic rings. The van der Waals surface area contributed by atoms with Crippen molar-refractivity contribution in [2.24, 2.45) is 0 Å². The summed E-state index contributed by atoms with van der Waals surface area (Å²) in [6.45, 7) is 8.90. The van der Waals surface area contributed by atoms with Crippen LogP contribution in [0.3, 0.4) is 0 Å². The van der Waals surface area contributed by atoms with Gasteiger partial charge < -0.3 is 18.0 Å². The van der Waals surface area contributed by atoms with Crippen molar-refractivity contribution in [3.05, 3.63) is 39.9 Å². The Morgan fingerprint density at radius 2 is 1.64 bits per heavy atom. The molecular weight excluding hydrogens is 382 g/mol.